The van der Waals surface area contributed by atoms with Gasteiger partial charge in [0.25, 0.3) is 5.91 Å². The van der Waals surface area contributed by atoms with Crippen molar-refractivity contribution in [2.75, 3.05) is 29.5 Å². The van der Waals surface area contributed by atoms with E-state index in [2.05, 4.69) is 13.2 Å². The highest BCUT2D eigenvalue weighted by molar-refractivity contribution is 8.02. The SMILES string of the molecule is C=CCN(C(=O)[C@@H]1[C@H]2C(=O)N([C@@H](CO)C(C)C)C(C(=O)N(CC=C)c3c(C)cccc3C)C23CC[C@H]1S3)c1ccccc1. The van der Waals surface area contributed by atoms with E-state index in [1.54, 1.807) is 38.6 Å². The number of benzene rings is 2. The molecule has 3 aliphatic rings. The maximum absolute atomic E-state index is 15.0. The van der Waals surface area contributed by atoms with Crippen molar-refractivity contribution in [3.05, 3.63) is 85.0 Å². The van der Waals surface area contributed by atoms with Crippen LogP contribution < -0.4 is 9.80 Å². The van der Waals surface area contributed by atoms with E-state index in [1.807, 2.05) is 76.2 Å². The third kappa shape index (κ3) is 5.02. The second kappa shape index (κ2) is 12.3. The number of aliphatic hydroxyl groups is 1. The lowest BCUT2D eigenvalue weighted by molar-refractivity contribution is -0.142. The Balaban J connectivity index is 1.63. The second-order valence-corrected chi connectivity index (χ2v) is 13.9. The van der Waals surface area contributed by atoms with Crippen molar-refractivity contribution in [1.82, 2.24) is 4.90 Å². The van der Waals surface area contributed by atoms with Crippen LogP contribution in [-0.2, 0) is 14.4 Å². The molecule has 6 atom stereocenters. The molecule has 3 saturated heterocycles. The van der Waals surface area contributed by atoms with Crippen molar-refractivity contribution in [2.45, 2.75) is 62.6 Å². The first kappa shape index (κ1) is 31.1. The molecular formula is C35H43N3O4S. The van der Waals surface area contributed by atoms with E-state index in [0.717, 1.165) is 28.9 Å². The van der Waals surface area contributed by atoms with Crippen molar-refractivity contribution >= 4 is 40.9 Å². The van der Waals surface area contributed by atoms with Crippen LogP contribution in [0.1, 0.15) is 37.8 Å². The molecule has 1 spiro atoms. The molecule has 5 rings (SSSR count). The molecule has 2 unspecified atom stereocenters. The van der Waals surface area contributed by atoms with Crippen LogP contribution in [0.4, 0.5) is 11.4 Å². The van der Waals surface area contributed by atoms with Crippen molar-refractivity contribution in [3.8, 4) is 0 Å². The lowest BCUT2D eigenvalue weighted by Crippen LogP contribution is -2.58. The van der Waals surface area contributed by atoms with Crippen LogP contribution >= 0.6 is 11.8 Å². The summed E-state index contributed by atoms with van der Waals surface area (Å²) in [6.07, 6.45) is 4.82. The molecule has 2 aromatic rings. The molecule has 43 heavy (non-hydrogen) atoms. The van der Waals surface area contributed by atoms with Gasteiger partial charge in [-0.1, -0.05) is 62.4 Å². The monoisotopic (exact) mass is 601 g/mol. The van der Waals surface area contributed by atoms with Crippen molar-refractivity contribution in [3.63, 3.8) is 0 Å². The average molecular weight is 602 g/mol. The number of nitrogens with zero attached hydrogens (tertiary/aromatic N) is 3. The molecule has 0 aliphatic carbocycles. The van der Waals surface area contributed by atoms with E-state index in [9.17, 15) is 19.5 Å². The molecule has 0 aromatic heterocycles. The molecule has 3 aliphatic heterocycles. The number of rotatable bonds is 11. The predicted molar refractivity (Wildman–Crippen MR) is 174 cm³/mol. The number of thioether (sulfide) groups is 1. The standard InChI is InChI=1S/C35H43N3O4S/c1-7-19-36(25-15-10-9-11-16-25)32(40)28-27-17-18-35(43-27)29(28)33(41)38(26(21-39)22(3)4)31(35)34(42)37(20-8-2)30-23(5)13-12-14-24(30)6/h7-16,22,26-29,31,39H,1-2,17-21H2,3-6H3/t26-,27+,28-,29-,31?,35?/m0/s1. The van der Waals surface area contributed by atoms with E-state index in [1.165, 1.54) is 0 Å². The Morgan fingerprint density at radius 1 is 1.02 bits per heavy atom. The summed E-state index contributed by atoms with van der Waals surface area (Å²) in [6.45, 7) is 16.1. The van der Waals surface area contributed by atoms with Crippen LogP contribution in [-0.4, -0.2) is 69.5 Å². The Bertz CT molecular complexity index is 1390. The molecule has 7 nitrogen and oxygen atoms in total. The lowest BCUT2D eigenvalue weighted by atomic mass is 9.70. The van der Waals surface area contributed by atoms with Gasteiger partial charge in [-0.25, -0.2) is 0 Å². The Morgan fingerprint density at radius 3 is 2.23 bits per heavy atom. The summed E-state index contributed by atoms with van der Waals surface area (Å²) in [6, 6.07) is 14.0. The number of para-hydroxylation sites is 2. The maximum Gasteiger partial charge on any atom is 0.251 e. The van der Waals surface area contributed by atoms with E-state index in [-0.39, 0.29) is 42.0 Å². The Hall–Kier alpha value is -3.36. The summed E-state index contributed by atoms with van der Waals surface area (Å²) >= 11 is 1.65. The van der Waals surface area contributed by atoms with Gasteiger partial charge in [0.1, 0.15) is 6.04 Å². The summed E-state index contributed by atoms with van der Waals surface area (Å²) in [7, 11) is 0. The quantitative estimate of drug-likeness (QED) is 0.361. The first-order chi connectivity index (χ1) is 20.6. The van der Waals surface area contributed by atoms with Crippen LogP contribution in [0.5, 0.6) is 0 Å². The third-order valence-corrected chi connectivity index (χ3v) is 11.5. The van der Waals surface area contributed by atoms with Crippen LogP contribution in [0, 0.1) is 31.6 Å². The number of aliphatic hydroxyl groups excluding tert-OH is 1. The fourth-order valence-corrected chi connectivity index (χ4v) is 9.86. The topological polar surface area (TPSA) is 81.2 Å². The third-order valence-electron chi connectivity index (χ3n) is 9.50. The zero-order valence-electron chi connectivity index (χ0n) is 25.6. The molecule has 2 bridgehead atoms. The van der Waals surface area contributed by atoms with Gasteiger partial charge in [0, 0.05) is 29.7 Å². The van der Waals surface area contributed by atoms with Gasteiger partial charge in [0.05, 0.1) is 29.2 Å². The smallest absolute Gasteiger partial charge is 0.251 e. The van der Waals surface area contributed by atoms with Crippen molar-refractivity contribution in [1.29, 1.82) is 0 Å². The van der Waals surface area contributed by atoms with E-state index in [0.29, 0.717) is 13.0 Å². The molecule has 3 fully saturated rings. The van der Waals surface area contributed by atoms with E-state index in [4.69, 9.17) is 0 Å². The number of fused-ring (bicyclic) bond motifs is 1. The number of amides is 3. The fraction of sp³-hybridized carbons (Fsp3) is 0.457. The minimum Gasteiger partial charge on any atom is -0.394 e. The number of likely N-dealkylation sites (tertiary alicyclic amines) is 1. The largest absolute Gasteiger partial charge is 0.394 e. The molecule has 2 aromatic carbocycles. The average Bonchev–Trinajstić information content (AvgIpc) is 3.63. The molecule has 1 N–H and O–H groups in total. The number of carbonyl (C=O) groups is 3. The minimum absolute atomic E-state index is 0.0744. The summed E-state index contributed by atoms with van der Waals surface area (Å²) < 4.78 is -0.770. The van der Waals surface area contributed by atoms with Gasteiger partial charge in [-0.2, -0.15) is 0 Å². The zero-order chi connectivity index (χ0) is 31.1. The van der Waals surface area contributed by atoms with Gasteiger partial charge < -0.3 is 19.8 Å². The lowest BCUT2D eigenvalue weighted by Gasteiger charge is -2.41. The molecule has 0 radical (unpaired) electrons. The van der Waals surface area contributed by atoms with Crippen LogP contribution in [0.25, 0.3) is 0 Å². The molecular weight excluding hydrogens is 558 g/mol. The summed E-state index contributed by atoms with van der Waals surface area (Å²) in [5.74, 6) is -1.83. The number of hydrogen-bond donors (Lipinski definition) is 1. The fourth-order valence-electron chi connectivity index (χ4n) is 7.67. The summed E-state index contributed by atoms with van der Waals surface area (Å²) in [5.41, 5.74) is 3.49. The molecule has 3 amide bonds. The Labute approximate surface area is 259 Å². The highest BCUT2D eigenvalue weighted by Gasteiger charge is 2.75. The highest BCUT2D eigenvalue weighted by atomic mass is 32.2. The summed E-state index contributed by atoms with van der Waals surface area (Å²) in [4.78, 5) is 49.3. The van der Waals surface area contributed by atoms with Gasteiger partial charge in [-0.15, -0.1) is 24.9 Å². The zero-order valence-corrected chi connectivity index (χ0v) is 26.4. The van der Waals surface area contributed by atoms with E-state index >= 15 is 0 Å². The van der Waals surface area contributed by atoms with Gasteiger partial charge >= 0.3 is 0 Å². The Morgan fingerprint density at radius 2 is 1.65 bits per heavy atom. The van der Waals surface area contributed by atoms with E-state index < -0.39 is 28.7 Å². The van der Waals surface area contributed by atoms with Crippen LogP contribution in [0.3, 0.4) is 0 Å². The van der Waals surface area contributed by atoms with Crippen molar-refractivity contribution in [2.24, 2.45) is 17.8 Å². The second-order valence-electron chi connectivity index (χ2n) is 12.3. The normalized spacial score (nSPS) is 26.4. The van der Waals surface area contributed by atoms with Crippen LogP contribution in [0.2, 0.25) is 0 Å². The molecule has 8 heteroatoms. The summed E-state index contributed by atoms with van der Waals surface area (Å²) in [5, 5.41) is 10.5. The minimum atomic E-state index is -0.819. The first-order valence-corrected chi connectivity index (χ1v) is 16.1. The molecule has 0 saturated carbocycles. The Kier molecular flexibility index (Phi) is 8.91. The van der Waals surface area contributed by atoms with Crippen molar-refractivity contribution < 1.29 is 19.5 Å². The number of hydrogen-bond acceptors (Lipinski definition) is 5. The van der Waals surface area contributed by atoms with Gasteiger partial charge in [0.2, 0.25) is 11.8 Å². The molecule has 3 heterocycles. The highest BCUT2D eigenvalue weighted by Crippen LogP contribution is 2.67. The number of anilines is 2. The van der Waals surface area contributed by atoms with Crippen LogP contribution in [0.15, 0.2) is 73.8 Å². The number of carbonyl (C=O) groups excluding carboxylic acids is 3. The predicted octanol–water partition coefficient (Wildman–Crippen LogP) is 5.15. The van der Waals surface area contributed by atoms with Gasteiger partial charge in [-0.3, -0.25) is 14.4 Å². The number of aryl methyl sites for hydroxylation is 2. The van der Waals surface area contributed by atoms with Gasteiger partial charge in [-0.05, 0) is 55.9 Å². The first-order valence-electron chi connectivity index (χ1n) is 15.2. The maximum atomic E-state index is 15.0. The van der Waals surface area contributed by atoms with Gasteiger partial charge in [0.15, 0.2) is 0 Å². The molecule has 228 valence electrons.